The molecule has 102 valence electrons. The zero-order chi connectivity index (χ0) is 13.9. The maximum atomic E-state index is 12.4. The molecule has 2 rings (SSSR count). The highest BCUT2D eigenvalue weighted by molar-refractivity contribution is 5.82. The second-order valence-corrected chi connectivity index (χ2v) is 4.46. The van der Waals surface area contributed by atoms with Gasteiger partial charge in [-0.1, -0.05) is 19.9 Å². The average molecular weight is 261 g/mol. The highest BCUT2D eigenvalue weighted by Crippen LogP contribution is 2.32. The Labute approximate surface area is 112 Å². The van der Waals surface area contributed by atoms with Crippen molar-refractivity contribution < 1.29 is 9.53 Å². The van der Waals surface area contributed by atoms with Gasteiger partial charge in [-0.25, -0.2) is 0 Å². The molecule has 19 heavy (non-hydrogen) atoms. The van der Waals surface area contributed by atoms with E-state index in [4.69, 9.17) is 4.74 Å². The van der Waals surface area contributed by atoms with Crippen LogP contribution in [0.3, 0.4) is 0 Å². The zero-order valence-electron chi connectivity index (χ0n) is 11.6. The van der Waals surface area contributed by atoms with Gasteiger partial charge in [-0.05, 0) is 31.9 Å². The van der Waals surface area contributed by atoms with E-state index in [-0.39, 0.29) is 5.97 Å². The molecule has 0 amide bonds. The smallest absolute Gasteiger partial charge is 0.319 e. The molecule has 2 heterocycles. The summed E-state index contributed by atoms with van der Waals surface area (Å²) in [6, 6.07) is 5.68. The summed E-state index contributed by atoms with van der Waals surface area (Å²) in [6.45, 7) is 6.14. The van der Waals surface area contributed by atoms with Crippen molar-refractivity contribution >= 4 is 11.6 Å². The third kappa shape index (κ3) is 2.09. The Morgan fingerprint density at radius 2 is 2.00 bits per heavy atom. The van der Waals surface area contributed by atoms with Gasteiger partial charge < -0.3 is 4.74 Å². The Hall–Kier alpha value is -1.91. The number of hydrogen-bond acceptors (Lipinski definition) is 4. The monoisotopic (exact) mass is 261 g/mol. The Morgan fingerprint density at radius 1 is 1.26 bits per heavy atom. The SMILES string of the molecule is CCOC(=O)C(CC)(CC)c1nnc2ccccn12. The second kappa shape index (κ2) is 5.38. The van der Waals surface area contributed by atoms with E-state index in [9.17, 15) is 4.79 Å². The minimum atomic E-state index is -0.725. The van der Waals surface area contributed by atoms with Crippen molar-refractivity contribution in [2.45, 2.75) is 39.0 Å². The normalized spacial score (nSPS) is 11.7. The number of carbonyl (C=O) groups is 1. The number of ether oxygens (including phenoxy) is 1. The second-order valence-electron chi connectivity index (χ2n) is 4.46. The summed E-state index contributed by atoms with van der Waals surface area (Å²) in [6.07, 6.45) is 3.15. The van der Waals surface area contributed by atoms with E-state index < -0.39 is 5.41 Å². The molecule has 0 aliphatic heterocycles. The molecule has 0 aliphatic rings. The van der Waals surface area contributed by atoms with Crippen LogP contribution in [0.2, 0.25) is 0 Å². The fraction of sp³-hybridized carbons (Fsp3) is 0.500. The standard InChI is InChI=1S/C14H19N3O2/c1-4-14(5-2,13(18)19-6-3)12-16-15-11-9-7-8-10-17(11)12/h7-10H,4-6H2,1-3H3. The summed E-state index contributed by atoms with van der Waals surface area (Å²) in [5.41, 5.74) is 0.0182. The van der Waals surface area contributed by atoms with Gasteiger partial charge in [0, 0.05) is 6.20 Å². The van der Waals surface area contributed by atoms with Crippen LogP contribution in [0.1, 0.15) is 39.4 Å². The molecule has 0 aromatic carbocycles. The van der Waals surface area contributed by atoms with Gasteiger partial charge in [0.15, 0.2) is 11.5 Å². The van der Waals surface area contributed by atoms with Gasteiger partial charge in [0.1, 0.15) is 5.41 Å². The maximum absolute atomic E-state index is 12.4. The number of carbonyl (C=O) groups excluding carboxylic acids is 1. The molecule has 0 bridgehead atoms. The van der Waals surface area contributed by atoms with E-state index in [0.717, 1.165) is 5.65 Å². The van der Waals surface area contributed by atoms with Crippen LogP contribution in [0, 0.1) is 0 Å². The van der Waals surface area contributed by atoms with Crippen molar-refractivity contribution in [2.24, 2.45) is 0 Å². The molecule has 5 nitrogen and oxygen atoms in total. The number of nitrogens with zero attached hydrogens (tertiary/aromatic N) is 3. The molecular formula is C14H19N3O2. The van der Waals surface area contributed by atoms with Crippen LogP contribution in [0.25, 0.3) is 5.65 Å². The molecule has 2 aromatic heterocycles. The molecule has 0 unspecified atom stereocenters. The Balaban J connectivity index is 2.58. The van der Waals surface area contributed by atoms with Gasteiger partial charge in [0.2, 0.25) is 0 Å². The predicted molar refractivity (Wildman–Crippen MR) is 71.9 cm³/mol. The minimum absolute atomic E-state index is 0.224. The summed E-state index contributed by atoms with van der Waals surface area (Å²) < 4.78 is 7.11. The van der Waals surface area contributed by atoms with Crippen LogP contribution >= 0.6 is 0 Å². The van der Waals surface area contributed by atoms with Crippen LogP contribution in [0.4, 0.5) is 0 Å². The molecule has 2 aromatic rings. The molecule has 5 heteroatoms. The fourth-order valence-electron chi connectivity index (χ4n) is 2.38. The van der Waals surface area contributed by atoms with Gasteiger partial charge in [0.05, 0.1) is 6.61 Å². The van der Waals surface area contributed by atoms with Gasteiger partial charge in [-0.2, -0.15) is 0 Å². The number of rotatable bonds is 5. The molecule has 0 radical (unpaired) electrons. The van der Waals surface area contributed by atoms with Crippen LogP contribution in [0.15, 0.2) is 24.4 Å². The van der Waals surface area contributed by atoms with Gasteiger partial charge in [-0.15, -0.1) is 10.2 Å². The first-order valence-electron chi connectivity index (χ1n) is 6.67. The van der Waals surface area contributed by atoms with Crippen molar-refractivity contribution in [3.8, 4) is 0 Å². The largest absolute Gasteiger partial charge is 0.465 e. The summed E-state index contributed by atoms with van der Waals surface area (Å²) in [4.78, 5) is 12.4. The lowest BCUT2D eigenvalue weighted by Crippen LogP contribution is -2.38. The van der Waals surface area contributed by atoms with Crippen molar-refractivity contribution in [2.75, 3.05) is 6.61 Å². The molecule has 0 atom stereocenters. The van der Waals surface area contributed by atoms with Crippen molar-refractivity contribution in [3.63, 3.8) is 0 Å². The number of aromatic nitrogens is 3. The van der Waals surface area contributed by atoms with Crippen LogP contribution < -0.4 is 0 Å². The molecule has 0 aliphatic carbocycles. The predicted octanol–water partition coefficient (Wildman–Crippen LogP) is 2.35. The zero-order valence-corrected chi connectivity index (χ0v) is 11.6. The van der Waals surface area contributed by atoms with E-state index in [2.05, 4.69) is 10.2 Å². The van der Waals surface area contributed by atoms with Crippen molar-refractivity contribution in [1.29, 1.82) is 0 Å². The lowest BCUT2D eigenvalue weighted by atomic mass is 9.81. The highest BCUT2D eigenvalue weighted by Gasteiger charge is 2.42. The first kappa shape index (κ1) is 13.5. The lowest BCUT2D eigenvalue weighted by molar-refractivity contribution is -0.151. The third-order valence-electron chi connectivity index (χ3n) is 3.62. The molecular weight excluding hydrogens is 242 g/mol. The van der Waals surface area contributed by atoms with Crippen molar-refractivity contribution in [3.05, 3.63) is 30.2 Å². The minimum Gasteiger partial charge on any atom is -0.465 e. The topological polar surface area (TPSA) is 56.5 Å². The first-order chi connectivity index (χ1) is 9.19. The molecule has 0 N–H and O–H groups in total. The average Bonchev–Trinajstić information content (AvgIpc) is 2.86. The van der Waals surface area contributed by atoms with Crippen molar-refractivity contribution in [1.82, 2.24) is 14.6 Å². The number of pyridine rings is 1. The van der Waals surface area contributed by atoms with Gasteiger partial charge >= 0.3 is 5.97 Å². The summed E-state index contributed by atoms with van der Waals surface area (Å²) in [5, 5.41) is 8.35. The van der Waals surface area contributed by atoms with E-state index in [1.165, 1.54) is 0 Å². The maximum Gasteiger partial charge on any atom is 0.319 e. The van der Waals surface area contributed by atoms with E-state index in [1.54, 1.807) is 0 Å². The number of fused-ring (bicyclic) bond motifs is 1. The lowest BCUT2D eigenvalue weighted by Gasteiger charge is -2.27. The summed E-state index contributed by atoms with van der Waals surface area (Å²) in [5.74, 6) is 0.435. The Kier molecular flexibility index (Phi) is 3.83. The third-order valence-corrected chi connectivity index (χ3v) is 3.62. The molecule has 0 fully saturated rings. The van der Waals surface area contributed by atoms with Crippen LogP contribution in [-0.2, 0) is 14.9 Å². The molecule has 0 saturated carbocycles. The summed E-state index contributed by atoms with van der Waals surface area (Å²) >= 11 is 0. The number of hydrogen-bond donors (Lipinski definition) is 0. The Morgan fingerprint density at radius 3 is 2.63 bits per heavy atom. The van der Waals surface area contributed by atoms with E-state index in [0.29, 0.717) is 25.3 Å². The highest BCUT2D eigenvalue weighted by atomic mass is 16.5. The Bertz CT molecular complexity index is 573. The van der Waals surface area contributed by atoms with E-state index in [1.807, 2.05) is 49.6 Å². The van der Waals surface area contributed by atoms with Crippen LogP contribution in [-0.4, -0.2) is 27.2 Å². The van der Waals surface area contributed by atoms with Gasteiger partial charge in [-0.3, -0.25) is 9.20 Å². The fourth-order valence-corrected chi connectivity index (χ4v) is 2.38. The first-order valence-corrected chi connectivity index (χ1v) is 6.67. The van der Waals surface area contributed by atoms with Gasteiger partial charge in [0.25, 0.3) is 0 Å². The van der Waals surface area contributed by atoms with E-state index >= 15 is 0 Å². The quantitative estimate of drug-likeness (QED) is 0.775. The van der Waals surface area contributed by atoms with Crippen LogP contribution in [0.5, 0.6) is 0 Å². The number of esters is 1. The molecule has 0 spiro atoms. The molecule has 0 saturated heterocycles. The summed E-state index contributed by atoms with van der Waals surface area (Å²) in [7, 11) is 0.